The maximum absolute atomic E-state index is 11.9. The van der Waals surface area contributed by atoms with Crippen molar-refractivity contribution in [3.63, 3.8) is 0 Å². The summed E-state index contributed by atoms with van der Waals surface area (Å²) in [5.41, 5.74) is 7.70. The van der Waals surface area contributed by atoms with Gasteiger partial charge in [0.25, 0.3) is 0 Å². The Kier molecular flexibility index (Phi) is 7.17. The fourth-order valence-corrected chi connectivity index (χ4v) is 2.92. The third-order valence-electron chi connectivity index (χ3n) is 3.77. The number of benzene rings is 2. The molecule has 0 saturated heterocycles. The Balaban J connectivity index is 1.77. The Bertz CT molecular complexity index is 805. The number of rotatable bonds is 9. The van der Waals surface area contributed by atoms with E-state index in [2.05, 4.69) is 5.32 Å². The molecule has 0 fully saturated rings. The van der Waals surface area contributed by atoms with Crippen molar-refractivity contribution in [1.82, 2.24) is 5.32 Å². The van der Waals surface area contributed by atoms with Gasteiger partial charge in [0, 0.05) is 12.8 Å². The zero-order chi connectivity index (χ0) is 19.0. The molecule has 3 N–H and O–H groups in total. The van der Waals surface area contributed by atoms with E-state index in [0.717, 1.165) is 23.1 Å². The number of hydrogen-bond donors (Lipinski definition) is 2. The van der Waals surface area contributed by atoms with E-state index < -0.39 is 15.9 Å². The highest BCUT2D eigenvalue weighted by Crippen LogP contribution is 2.14. The number of carbonyl (C=O) groups is 1. The van der Waals surface area contributed by atoms with Crippen LogP contribution in [0.4, 0.5) is 0 Å². The molecule has 0 aromatic heterocycles. The van der Waals surface area contributed by atoms with Crippen molar-refractivity contribution in [2.24, 2.45) is 5.73 Å². The lowest BCUT2D eigenvalue weighted by atomic mass is 10.2. The summed E-state index contributed by atoms with van der Waals surface area (Å²) in [5.74, 6) is 0.279. The van der Waals surface area contributed by atoms with E-state index in [1.54, 1.807) is 0 Å². The number of amides is 1. The minimum atomic E-state index is -3.12. The third-order valence-corrected chi connectivity index (χ3v) is 4.75. The summed E-state index contributed by atoms with van der Waals surface area (Å²) >= 11 is 0. The number of hydrogen-bond acceptors (Lipinski definition) is 5. The van der Waals surface area contributed by atoms with Crippen molar-refractivity contribution in [1.29, 1.82) is 0 Å². The van der Waals surface area contributed by atoms with Gasteiger partial charge in [-0.2, -0.15) is 0 Å². The summed E-state index contributed by atoms with van der Waals surface area (Å²) in [6, 6.07) is 16.5. The largest absolute Gasteiger partial charge is 0.489 e. The molecule has 6 nitrogen and oxygen atoms in total. The molecule has 0 radical (unpaired) electrons. The van der Waals surface area contributed by atoms with Crippen molar-refractivity contribution in [3.05, 3.63) is 65.7 Å². The average molecular weight is 376 g/mol. The lowest BCUT2D eigenvalue weighted by Crippen LogP contribution is -2.41. The van der Waals surface area contributed by atoms with Gasteiger partial charge in [0.1, 0.15) is 22.2 Å². The molecule has 0 heterocycles. The van der Waals surface area contributed by atoms with Crippen LogP contribution in [0.5, 0.6) is 5.75 Å². The lowest BCUT2D eigenvalue weighted by molar-refractivity contribution is -0.122. The van der Waals surface area contributed by atoms with Gasteiger partial charge >= 0.3 is 0 Å². The van der Waals surface area contributed by atoms with Crippen LogP contribution >= 0.6 is 0 Å². The summed E-state index contributed by atoms with van der Waals surface area (Å²) < 4.78 is 27.9. The Hall–Kier alpha value is -2.38. The standard InChI is InChI=1S/C19H24N2O4S/c1-26(23,24)12-11-18(20)19(22)21-13-15-7-9-17(10-8-15)25-14-16-5-3-2-4-6-16/h2-10,18H,11-14,20H2,1H3,(H,21,22). The minimum Gasteiger partial charge on any atom is -0.489 e. The molecule has 0 saturated carbocycles. The number of sulfone groups is 1. The first-order valence-electron chi connectivity index (χ1n) is 8.30. The summed E-state index contributed by atoms with van der Waals surface area (Å²) in [4.78, 5) is 11.9. The Labute approximate surface area is 154 Å². The van der Waals surface area contributed by atoms with Crippen LogP contribution in [0.15, 0.2) is 54.6 Å². The molecule has 140 valence electrons. The number of ether oxygens (including phenoxy) is 1. The molecule has 1 unspecified atom stereocenters. The molecule has 0 bridgehead atoms. The Morgan fingerprint density at radius 2 is 1.73 bits per heavy atom. The van der Waals surface area contributed by atoms with Gasteiger partial charge in [0.05, 0.1) is 11.8 Å². The van der Waals surface area contributed by atoms with Gasteiger partial charge in [-0.15, -0.1) is 0 Å². The third kappa shape index (κ3) is 7.25. The van der Waals surface area contributed by atoms with E-state index in [1.165, 1.54) is 0 Å². The molecular weight excluding hydrogens is 352 g/mol. The van der Waals surface area contributed by atoms with Crippen LogP contribution in [0.2, 0.25) is 0 Å². The van der Waals surface area contributed by atoms with Crippen LogP contribution in [0.25, 0.3) is 0 Å². The molecule has 1 atom stereocenters. The highest BCUT2D eigenvalue weighted by Gasteiger charge is 2.15. The van der Waals surface area contributed by atoms with Crippen molar-refractivity contribution >= 4 is 15.7 Å². The van der Waals surface area contributed by atoms with Gasteiger partial charge in [0.2, 0.25) is 5.91 Å². The van der Waals surface area contributed by atoms with Crippen LogP contribution < -0.4 is 15.8 Å². The quantitative estimate of drug-likeness (QED) is 0.693. The monoisotopic (exact) mass is 376 g/mol. The van der Waals surface area contributed by atoms with E-state index in [1.807, 2.05) is 54.6 Å². The Morgan fingerprint density at radius 1 is 1.08 bits per heavy atom. The second kappa shape index (κ2) is 9.35. The van der Waals surface area contributed by atoms with E-state index in [4.69, 9.17) is 10.5 Å². The van der Waals surface area contributed by atoms with Crippen molar-refractivity contribution in [3.8, 4) is 5.75 Å². The van der Waals surface area contributed by atoms with E-state index in [9.17, 15) is 13.2 Å². The van der Waals surface area contributed by atoms with Crippen molar-refractivity contribution in [2.75, 3.05) is 12.0 Å². The fraction of sp³-hybridized carbons (Fsp3) is 0.316. The average Bonchev–Trinajstić information content (AvgIpc) is 2.63. The summed E-state index contributed by atoms with van der Waals surface area (Å²) in [5, 5.41) is 2.71. The first-order valence-corrected chi connectivity index (χ1v) is 10.4. The second-order valence-corrected chi connectivity index (χ2v) is 8.42. The molecule has 1 amide bonds. The van der Waals surface area contributed by atoms with Gasteiger partial charge in [0.15, 0.2) is 0 Å². The lowest BCUT2D eigenvalue weighted by Gasteiger charge is -2.12. The first kappa shape index (κ1) is 19.9. The fourth-order valence-electron chi connectivity index (χ4n) is 2.24. The second-order valence-electron chi connectivity index (χ2n) is 6.16. The molecule has 0 spiro atoms. The number of nitrogens with one attached hydrogen (secondary N) is 1. The normalized spacial score (nSPS) is 12.4. The molecule has 26 heavy (non-hydrogen) atoms. The van der Waals surface area contributed by atoms with Gasteiger partial charge in [-0.05, 0) is 29.7 Å². The van der Waals surface area contributed by atoms with Gasteiger partial charge < -0.3 is 15.8 Å². The molecule has 2 aromatic rings. The molecular formula is C19H24N2O4S. The van der Waals surface area contributed by atoms with E-state index >= 15 is 0 Å². The van der Waals surface area contributed by atoms with Crippen LogP contribution in [0, 0.1) is 0 Å². The van der Waals surface area contributed by atoms with Crippen molar-refractivity contribution < 1.29 is 17.9 Å². The van der Waals surface area contributed by atoms with E-state index in [0.29, 0.717) is 13.2 Å². The van der Waals surface area contributed by atoms with Gasteiger partial charge in [-0.25, -0.2) is 8.42 Å². The Morgan fingerprint density at radius 3 is 2.35 bits per heavy atom. The van der Waals surface area contributed by atoms with Crippen LogP contribution in [0.3, 0.4) is 0 Å². The molecule has 0 aliphatic heterocycles. The predicted octanol–water partition coefficient (Wildman–Crippen LogP) is 1.64. The highest BCUT2D eigenvalue weighted by molar-refractivity contribution is 7.90. The summed E-state index contributed by atoms with van der Waals surface area (Å²) in [6.07, 6.45) is 1.23. The zero-order valence-corrected chi connectivity index (χ0v) is 15.5. The molecule has 2 aromatic carbocycles. The number of nitrogens with two attached hydrogens (primary N) is 1. The van der Waals surface area contributed by atoms with Gasteiger partial charge in [-0.1, -0.05) is 42.5 Å². The highest BCUT2D eigenvalue weighted by atomic mass is 32.2. The van der Waals surface area contributed by atoms with E-state index in [-0.39, 0.29) is 18.1 Å². The van der Waals surface area contributed by atoms with Crippen LogP contribution in [-0.4, -0.2) is 32.4 Å². The van der Waals surface area contributed by atoms with Gasteiger partial charge in [-0.3, -0.25) is 4.79 Å². The molecule has 0 aliphatic rings. The number of carbonyl (C=O) groups excluding carboxylic acids is 1. The van der Waals surface area contributed by atoms with Crippen molar-refractivity contribution in [2.45, 2.75) is 25.6 Å². The predicted molar refractivity (Wildman–Crippen MR) is 101 cm³/mol. The maximum Gasteiger partial charge on any atom is 0.237 e. The zero-order valence-electron chi connectivity index (χ0n) is 14.7. The molecule has 7 heteroatoms. The molecule has 0 aliphatic carbocycles. The van der Waals surface area contributed by atoms with Crippen LogP contribution in [0.1, 0.15) is 17.5 Å². The maximum atomic E-state index is 11.9. The van der Waals surface area contributed by atoms with Crippen LogP contribution in [-0.2, 0) is 27.8 Å². The molecule has 2 rings (SSSR count). The first-order chi connectivity index (χ1) is 12.3. The summed E-state index contributed by atoms with van der Waals surface area (Å²) in [6.45, 7) is 0.816. The minimum absolute atomic E-state index is 0.102. The topological polar surface area (TPSA) is 98.5 Å². The summed E-state index contributed by atoms with van der Waals surface area (Å²) in [7, 11) is -3.12. The SMILES string of the molecule is CS(=O)(=O)CCC(N)C(=O)NCc1ccc(OCc2ccccc2)cc1. The smallest absolute Gasteiger partial charge is 0.237 e.